The monoisotopic (exact) mass is 383 g/mol. The van der Waals surface area contributed by atoms with E-state index >= 15 is 0 Å². The molecule has 0 fully saturated rings. The highest BCUT2D eigenvalue weighted by Crippen LogP contribution is 2.16. The van der Waals surface area contributed by atoms with Crippen molar-refractivity contribution in [3.05, 3.63) is 54.1 Å². The van der Waals surface area contributed by atoms with E-state index in [0.717, 1.165) is 17.9 Å². The van der Waals surface area contributed by atoms with Crippen molar-refractivity contribution in [2.24, 2.45) is 5.92 Å². The molecule has 0 aliphatic carbocycles. The minimum atomic E-state index is -0.164. The van der Waals surface area contributed by atoms with Crippen LogP contribution in [0.5, 0.6) is 5.75 Å². The van der Waals surface area contributed by atoms with Gasteiger partial charge >= 0.3 is 0 Å². The molecule has 0 bridgehead atoms. The Hall–Kier alpha value is -3.02. The molecule has 0 atom stereocenters. The van der Waals surface area contributed by atoms with Crippen LogP contribution in [0.15, 0.2) is 48.5 Å². The number of rotatable bonds is 10. The second-order valence-electron chi connectivity index (χ2n) is 6.96. The van der Waals surface area contributed by atoms with Crippen molar-refractivity contribution in [3.63, 3.8) is 0 Å². The first-order valence-corrected chi connectivity index (χ1v) is 9.62. The smallest absolute Gasteiger partial charge is 0.251 e. The van der Waals surface area contributed by atoms with Gasteiger partial charge in [0.05, 0.1) is 13.2 Å². The summed E-state index contributed by atoms with van der Waals surface area (Å²) in [6.07, 6.45) is 0.889. The SMILES string of the molecule is CCCNC(=O)c1ccc(NC(=O)CNc2ccc(OCC(C)C)cc2)cc1. The third-order valence-corrected chi connectivity index (χ3v) is 3.86. The fourth-order valence-electron chi connectivity index (χ4n) is 2.36. The van der Waals surface area contributed by atoms with Gasteiger partial charge in [0.2, 0.25) is 5.91 Å². The summed E-state index contributed by atoms with van der Waals surface area (Å²) in [6, 6.07) is 14.4. The summed E-state index contributed by atoms with van der Waals surface area (Å²) in [5, 5.41) is 8.70. The van der Waals surface area contributed by atoms with Gasteiger partial charge in [-0.25, -0.2) is 0 Å². The number of amides is 2. The summed E-state index contributed by atoms with van der Waals surface area (Å²) in [6.45, 7) is 7.67. The molecule has 0 spiro atoms. The van der Waals surface area contributed by atoms with Gasteiger partial charge in [-0.1, -0.05) is 20.8 Å². The Morgan fingerprint density at radius 1 is 0.964 bits per heavy atom. The molecule has 2 rings (SSSR count). The highest BCUT2D eigenvalue weighted by atomic mass is 16.5. The zero-order valence-corrected chi connectivity index (χ0v) is 16.7. The minimum absolute atomic E-state index is 0.109. The van der Waals surface area contributed by atoms with E-state index in [-0.39, 0.29) is 18.4 Å². The van der Waals surface area contributed by atoms with E-state index in [1.165, 1.54) is 0 Å². The lowest BCUT2D eigenvalue weighted by atomic mass is 10.2. The van der Waals surface area contributed by atoms with Crippen molar-refractivity contribution in [1.29, 1.82) is 0 Å². The fraction of sp³-hybridized carbons (Fsp3) is 0.364. The van der Waals surface area contributed by atoms with E-state index in [4.69, 9.17) is 4.74 Å². The summed E-state index contributed by atoms with van der Waals surface area (Å²) in [7, 11) is 0. The van der Waals surface area contributed by atoms with Crippen molar-refractivity contribution in [2.75, 3.05) is 30.3 Å². The molecule has 6 nitrogen and oxygen atoms in total. The Morgan fingerprint density at radius 3 is 2.21 bits per heavy atom. The Kier molecular flexibility index (Phi) is 8.34. The number of ether oxygens (including phenoxy) is 1. The van der Waals surface area contributed by atoms with Gasteiger partial charge in [-0.3, -0.25) is 9.59 Å². The predicted molar refractivity (Wildman–Crippen MR) is 113 cm³/mol. The van der Waals surface area contributed by atoms with Crippen molar-refractivity contribution in [2.45, 2.75) is 27.2 Å². The van der Waals surface area contributed by atoms with Crippen LogP contribution in [0.4, 0.5) is 11.4 Å². The molecular formula is C22H29N3O3. The van der Waals surface area contributed by atoms with Crippen LogP contribution in [0, 0.1) is 5.92 Å². The van der Waals surface area contributed by atoms with Gasteiger partial charge in [-0.2, -0.15) is 0 Å². The molecule has 0 radical (unpaired) electrons. The summed E-state index contributed by atoms with van der Waals surface area (Å²) in [4.78, 5) is 24.0. The van der Waals surface area contributed by atoms with Gasteiger partial charge in [0.15, 0.2) is 0 Å². The topological polar surface area (TPSA) is 79.5 Å². The van der Waals surface area contributed by atoms with Gasteiger partial charge < -0.3 is 20.7 Å². The molecule has 2 aromatic carbocycles. The van der Waals surface area contributed by atoms with Gasteiger partial charge in [-0.15, -0.1) is 0 Å². The number of anilines is 2. The molecule has 28 heavy (non-hydrogen) atoms. The Labute approximate surface area is 166 Å². The zero-order valence-electron chi connectivity index (χ0n) is 16.7. The molecule has 3 N–H and O–H groups in total. The number of carbonyl (C=O) groups excluding carboxylic acids is 2. The lowest BCUT2D eigenvalue weighted by Crippen LogP contribution is -2.24. The molecule has 2 amide bonds. The molecule has 0 aliphatic rings. The molecular weight excluding hydrogens is 354 g/mol. The first-order chi connectivity index (χ1) is 13.5. The van der Waals surface area contributed by atoms with Gasteiger partial charge in [0.25, 0.3) is 5.91 Å². The summed E-state index contributed by atoms with van der Waals surface area (Å²) >= 11 is 0. The fourth-order valence-corrected chi connectivity index (χ4v) is 2.36. The van der Waals surface area contributed by atoms with Crippen LogP contribution >= 0.6 is 0 Å². The quantitative estimate of drug-likeness (QED) is 0.581. The Morgan fingerprint density at radius 2 is 1.61 bits per heavy atom. The van der Waals surface area contributed by atoms with E-state index in [2.05, 4.69) is 29.8 Å². The zero-order chi connectivity index (χ0) is 20.4. The average molecular weight is 383 g/mol. The highest BCUT2D eigenvalue weighted by molar-refractivity contribution is 5.96. The van der Waals surface area contributed by atoms with Crippen molar-refractivity contribution in [1.82, 2.24) is 5.32 Å². The van der Waals surface area contributed by atoms with Gasteiger partial charge in [0, 0.05) is 23.5 Å². The molecule has 0 saturated heterocycles. The lowest BCUT2D eigenvalue weighted by Gasteiger charge is -2.11. The van der Waals surface area contributed by atoms with E-state index in [1.54, 1.807) is 24.3 Å². The predicted octanol–water partition coefficient (Wildman–Crippen LogP) is 3.91. The van der Waals surface area contributed by atoms with E-state index in [0.29, 0.717) is 30.3 Å². The second kappa shape index (κ2) is 11.0. The number of hydrogen-bond donors (Lipinski definition) is 3. The summed E-state index contributed by atoms with van der Waals surface area (Å²) < 4.78 is 5.64. The Balaban J connectivity index is 1.78. The largest absolute Gasteiger partial charge is 0.493 e. The standard InChI is InChI=1S/C22H29N3O3/c1-4-13-23-22(27)17-5-7-19(8-6-17)25-21(26)14-24-18-9-11-20(12-10-18)28-15-16(2)3/h5-12,16,24H,4,13-15H2,1-3H3,(H,23,27)(H,25,26). The molecule has 6 heteroatoms. The first-order valence-electron chi connectivity index (χ1n) is 9.62. The molecule has 2 aromatic rings. The molecule has 0 saturated carbocycles. The van der Waals surface area contributed by atoms with Gasteiger partial charge in [-0.05, 0) is 60.9 Å². The molecule has 150 valence electrons. The number of benzene rings is 2. The van der Waals surface area contributed by atoms with Crippen molar-refractivity contribution in [3.8, 4) is 5.75 Å². The third-order valence-electron chi connectivity index (χ3n) is 3.86. The van der Waals surface area contributed by atoms with Gasteiger partial charge in [0.1, 0.15) is 5.75 Å². The van der Waals surface area contributed by atoms with E-state index < -0.39 is 0 Å². The van der Waals surface area contributed by atoms with E-state index in [1.807, 2.05) is 31.2 Å². The molecule has 0 aromatic heterocycles. The third kappa shape index (κ3) is 7.31. The highest BCUT2D eigenvalue weighted by Gasteiger charge is 2.06. The Bertz CT molecular complexity index is 756. The second-order valence-corrected chi connectivity index (χ2v) is 6.96. The number of carbonyl (C=O) groups is 2. The minimum Gasteiger partial charge on any atom is -0.493 e. The molecule has 0 unspecified atom stereocenters. The van der Waals surface area contributed by atoms with Crippen LogP contribution < -0.4 is 20.7 Å². The van der Waals surface area contributed by atoms with Crippen molar-refractivity contribution < 1.29 is 14.3 Å². The maximum atomic E-state index is 12.1. The van der Waals surface area contributed by atoms with Crippen LogP contribution in [0.2, 0.25) is 0 Å². The summed E-state index contributed by atoms with van der Waals surface area (Å²) in [5.41, 5.74) is 2.07. The van der Waals surface area contributed by atoms with Crippen LogP contribution in [-0.2, 0) is 4.79 Å². The van der Waals surface area contributed by atoms with Crippen LogP contribution in [0.25, 0.3) is 0 Å². The average Bonchev–Trinajstić information content (AvgIpc) is 2.70. The van der Waals surface area contributed by atoms with Crippen LogP contribution in [0.1, 0.15) is 37.6 Å². The number of nitrogens with one attached hydrogen (secondary N) is 3. The van der Waals surface area contributed by atoms with Crippen LogP contribution in [0.3, 0.4) is 0 Å². The molecule has 0 aliphatic heterocycles. The van der Waals surface area contributed by atoms with E-state index in [9.17, 15) is 9.59 Å². The molecule has 0 heterocycles. The lowest BCUT2D eigenvalue weighted by molar-refractivity contribution is -0.114. The first kappa shape index (κ1) is 21.3. The van der Waals surface area contributed by atoms with Crippen molar-refractivity contribution >= 4 is 23.2 Å². The number of hydrogen-bond acceptors (Lipinski definition) is 4. The van der Waals surface area contributed by atoms with Crippen LogP contribution in [-0.4, -0.2) is 31.5 Å². The maximum Gasteiger partial charge on any atom is 0.251 e. The maximum absolute atomic E-state index is 12.1. The summed E-state index contributed by atoms with van der Waals surface area (Å²) in [5.74, 6) is 1.01. The normalized spacial score (nSPS) is 10.4.